The van der Waals surface area contributed by atoms with Crippen LogP contribution in [0.15, 0.2) is 77.6 Å². The van der Waals surface area contributed by atoms with Gasteiger partial charge < -0.3 is 4.90 Å². The third kappa shape index (κ3) is 4.20. The largest absolute Gasteiger partial charge is 0.311 e. The first kappa shape index (κ1) is 23.5. The van der Waals surface area contributed by atoms with Crippen LogP contribution in [0.5, 0.6) is 0 Å². The monoisotopic (exact) mass is 519 g/mol. The van der Waals surface area contributed by atoms with Crippen molar-refractivity contribution < 1.29 is 4.79 Å². The van der Waals surface area contributed by atoms with E-state index in [1.54, 1.807) is 27.7 Å². The highest BCUT2D eigenvalue weighted by molar-refractivity contribution is 7.73. The SMILES string of the molecule is CCN(C(=O)Cn1c(=O)c2ccccc2n2c(=S)sc(-c3ccc(Cl)cc3)c12)c1cccc(C)c1. The summed E-state index contributed by atoms with van der Waals surface area (Å²) in [5.41, 5.74) is 3.87. The van der Waals surface area contributed by atoms with Crippen LogP contribution in [-0.2, 0) is 11.3 Å². The molecule has 0 atom stereocenters. The summed E-state index contributed by atoms with van der Waals surface area (Å²) in [7, 11) is 0. The van der Waals surface area contributed by atoms with Crippen LogP contribution in [0.2, 0.25) is 5.02 Å². The molecule has 0 saturated carbocycles. The average Bonchev–Trinajstić information content (AvgIpc) is 3.20. The van der Waals surface area contributed by atoms with Crippen molar-refractivity contribution in [1.29, 1.82) is 0 Å². The van der Waals surface area contributed by atoms with Gasteiger partial charge in [0, 0.05) is 17.3 Å². The van der Waals surface area contributed by atoms with Gasteiger partial charge in [0.1, 0.15) is 12.2 Å². The maximum atomic E-state index is 13.8. The lowest BCUT2D eigenvalue weighted by atomic mass is 10.2. The molecule has 0 N–H and O–H groups in total. The zero-order valence-corrected chi connectivity index (χ0v) is 21.6. The molecule has 0 aliphatic carbocycles. The Balaban J connectivity index is 1.75. The number of anilines is 1. The quantitative estimate of drug-likeness (QED) is 0.242. The third-order valence-electron chi connectivity index (χ3n) is 5.99. The van der Waals surface area contributed by atoms with Gasteiger partial charge in [0.15, 0.2) is 3.95 Å². The fourth-order valence-electron chi connectivity index (χ4n) is 4.37. The van der Waals surface area contributed by atoms with Gasteiger partial charge >= 0.3 is 0 Å². The number of likely N-dealkylation sites (N-methyl/N-ethyl adjacent to an activating group) is 1. The normalized spacial score (nSPS) is 11.3. The number of hydrogen-bond donors (Lipinski definition) is 0. The van der Waals surface area contributed by atoms with Crippen molar-refractivity contribution in [2.45, 2.75) is 20.4 Å². The Morgan fingerprint density at radius 2 is 1.80 bits per heavy atom. The smallest absolute Gasteiger partial charge is 0.262 e. The number of benzene rings is 3. The summed E-state index contributed by atoms with van der Waals surface area (Å²) in [4.78, 5) is 29.9. The standard InChI is InChI=1S/C27H22ClN3O2S2/c1-3-29(20-8-6-7-17(2)15-20)23(32)16-30-25-24(18-11-13-19(28)14-12-18)35-27(34)31(25)22-10-5-4-9-21(22)26(30)33/h4-15H,3,16H2,1-2H3. The molecule has 2 aromatic heterocycles. The van der Waals surface area contributed by atoms with E-state index in [0.29, 0.717) is 26.6 Å². The Morgan fingerprint density at radius 3 is 2.51 bits per heavy atom. The highest BCUT2D eigenvalue weighted by Crippen LogP contribution is 2.34. The zero-order valence-electron chi connectivity index (χ0n) is 19.2. The van der Waals surface area contributed by atoms with Crippen LogP contribution < -0.4 is 10.5 Å². The highest BCUT2D eigenvalue weighted by Gasteiger charge is 2.22. The number of rotatable bonds is 5. The molecule has 0 radical (unpaired) electrons. The minimum Gasteiger partial charge on any atom is -0.311 e. The summed E-state index contributed by atoms with van der Waals surface area (Å²) >= 11 is 13.3. The van der Waals surface area contributed by atoms with Gasteiger partial charge in [0.05, 0.1) is 15.8 Å². The molecule has 176 valence electrons. The maximum absolute atomic E-state index is 13.8. The molecule has 0 spiro atoms. The lowest BCUT2D eigenvalue weighted by Gasteiger charge is -2.23. The number of hydrogen-bond acceptors (Lipinski definition) is 4. The second-order valence-corrected chi connectivity index (χ2v) is 10.3. The Labute approximate surface area is 216 Å². The van der Waals surface area contributed by atoms with E-state index in [1.807, 2.05) is 72.8 Å². The second-order valence-electron chi connectivity index (χ2n) is 8.25. The minimum absolute atomic E-state index is 0.110. The van der Waals surface area contributed by atoms with Crippen LogP contribution in [-0.4, -0.2) is 21.4 Å². The first-order valence-electron chi connectivity index (χ1n) is 11.2. The van der Waals surface area contributed by atoms with Crippen molar-refractivity contribution in [2.24, 2.45) is 0 Å². The molecular weight excluding hydrogens is 498 g/mol. The maximum Gasteiger partial charge on any atom is 0.262 e. The number of para-hydroxylation sites is 1. The average molecular weight is 520 g/mol. The van der Waals surface area contributed by atoms with E-state index in [2.05, 4.69) is 0 Å². The van der Waals surface area contributed by atoms with Gasteiger partial charge in [-0.1, -0.05) is 48.0 Å². The summed E-state index contributed by atoms with van der Waals surface area (Å²) < 4.78 is 4.06. The second kappa shape index (κ2) is 9.41. The fourth-order valence-corrected chi connectivity index (χ4v) is 5.93. The van der Waals surface area contributed by atoms with Gasteiger partial charge in [0.25, 0.3) is 5.56 Å². The first-order valence-corrected chi connectivity index (χ1v) is 12.8. The van der Waals surface area contributed by atoms with Crippen molar-refractivity contribution in [2.75, 3.05) is 11.4 Å². The van der Waals surface area contributed by atoms with Crippen molar-refractivity contribution in [3.05, 3.63) is 97.7 Å². The van der Waals surface area contributed by atoms with Gasteiger partial charge in [-0.25, -0.2) is 0 Å². The summed E-state index contributed by atoms with van der Waals surface area (Å²) in [6, 6.07) is 22.6. The summed E-state index contributed by atoms with van der Waals surface area (Å²) in [6.07, 6.45) is 0. The van der Waals surface area contributed by atoms with Crippen LogP contribution >= 0.6 is 35.2 Å². The van der Waals surface area contributed by atoms with Gasteiger partial charge in [-0.15, -0.1) is 11.3 Å². The fraction of sp³-hybridized carbons (Fsp3) is 0.148. The topological polar surface area (TPSA) is 46.7 Å². The summed E-state index contributed by atoms with van der Waals surface area (Å²) in [6.45, 7) is 4.30. The molecule has 0 fully saturated rings. The molecule has 3 aromatic carbocycles. The molecule has 1 amide bonds. The predicted octanol–water partition coefficient (Wildman–Crippen LogP) is 6.73. The van der Waals surface area contributed by atoms with E-state index >= 15 is 0 Å². The molecule has 8 heteroatoms. The Morgan fingerprint density at radius 1 is 1.06 bits per heavy atom. The molecule has 2 heterocycles. The number of amides is 1. The van der Waals surface area contributed by atoms with E-state index in [0.717, 1.165) is 27.2 Å². The molecule has 5 rings (SSSR count). The number of carbonyl (C=O) groups excluding carboxylic acids is 1. The number of aromatic nitrogens is 2. The van der Waals surface area contributed by atoms with E-state index in [4.69, 9.17) is 23.8 Å². The molecule has 35 heavy (non-hydrogen) atoms. The Hall–Kier alpha value is -3.26. The van der Waals surface area contributed by atoms with E-state index in [9.17, 15) is 9.59 Å². The molecule has 0 unspecified atom stereocenters. The van der Waals surface area contributed by atoms with Gasteiger partial charge in [-0.2, -0.15) is 0 Å². The number of nitrogens with zero attached hydrogens (tertiary/aromatic N) is 3. The molecule has 5 nitrogen and oxygen atoms in total. The van der Waals surface area contributed by atoms with Crippen LogP contribution in [0, 0.1) is 10.9 Å². The van der Waals surface area contributed by atoms with Crippen molar-refractivity contribution in [3.63, 3.8) is 0 Å². The van der Waals surface area contributed by atoms with E-state index < -0.39 is 0 Å². The minimum atomic E-state index is -0.225. The van der Waals surface area contributed by atoms with Crippen molar-refractivity contribution in [3.8, 4) is 10.4 Å². The lowest BCUT2D eigenvalue weighted by Crippen LogP contribution is -2.37. The lowest BCUT2D eigenvalue weighted by molar-refractivity contribution is -0.119. The molecule has 5 aromatic rings. The van der Waals surface area contributed by atoms with E-state index in [1.165, 1.54) is 11.3 Å². The van der Waals surface area contributed by atoms with Crippen molar-refractivity contribution in [1.82, 2.24) is 8.97 Å². The van der Waals surface area contributed by atoms with Crippen LogP contribution in [0.1, 0.15) is 12.5 Å². The first-order chi connectivity index (χ1) is 16.9. The molecule has 0 saturated heterocycles. The van der Waals surface area contributed by atoms with Crippen LogP contribution in [0.25, 0.3) is 27.0 Å². The number of thiazole rings is 1. The van der Waals surface area contributed by atoms with Crippen molar-refractivity contribution >= 4 is 63.3 Å². The number of halogens is 1. The van der Waals surface area contributed by atoms with E-state index in [-0.39, 0.29) is 18.0 Å². The van der Waals surface area contributed by atoms with Crippen LogP contribution in [0.4, 0.5) is 5.69 Å². The summed E-state index contributed by atoms with van der Waals surface area (Å²) in [5, 5.41) is 1.14. The molecule has 0 bridgehead atoms. The molecular formula is C27H22ClN3O2S2. The van der Waals surface area contributed by atoms with Gasteiger partial charge in [0.2, 0.25) is 5.91 Å². The van der Waals surface area contributed by atoms with Gasteiger partial charge in [-0.3, -0.25) is 18.6 Å². The third-order valence-corrected chi connectivity index (χ3v) is 7.66. The Kier molecular flexibility index (Phi) is 6.32. The van der Waals surface area contributed by atoms with Crippen LogP contribution in [0.3, 0.4) is 0 Å². The number of aryl methyl sites for hydroxylation is 1. The zero-order chi connectivity index (χ0) is 24.7. The highest BCUT2D eigenvalue weighted by atomic mass is 35.5. The molecule has 0 aliphatic heterocycles. The molecule has 0 aliphatic rings. The number of fused-ring (bicyclic) bond motifs is 3. The Bertz CT molecular complexity index is 1700. The number of carbonyl (C=O) groups is 1. The predicted molar refractivity (Wildman–Crippen MR) is 148 cm³/mol. The summed E-state index contributed by atoms with van der Waals surface area (Å²) in [5.74, 6) is -0.170. The van der Waals surface area contributed by atoms with Gasteiger partial charge in [-0.05, 0) is 73.6 Å².